The van der Waals surface area contributed by atoms with E-state index in [1.807, 2.05) is 0 Å². The number of carbonyl (C=O) groups is 2. The first-order valence-electron chi connectivity index (χ1n) is 9.86. The first-order valence-corrected chi connectivity index (χ1v) is 10.7. The van der Waals surface area contributed by atoms with Crippen LogP contribution < -0.4 is 11.1 Å². The molecule has 3 N–H and O–H groups in total. The zero-order valence-electron chi connectivity index (χ0n) is 18.3. The van der Waals surface area contributed by atoms with Crippen molar-refractivity contribution in [3.8, 4) is 0 Å². The highest BCUT2D eigenvalue weighted by atomic mass is 32.1. The van der Waals surface area contributed by atoms with Crippen LogP contribution in [-0.4, -0.2) is 37.6 Å². The fraction of sp³-hybridized carbons (Fsp3) is 0.250. The highest BCUT2D eigenvalue weighted by Crippen LogP contribution is 2.44. The second-order valence-corrected chi connectivity index (χ2v) is 8.78. The number of nitrogens with two attached hydrogens (primary N) is 1. The van der Waals surface area contributed by atoms with Gasteiger partial charge in [0.15, 0.2) is 11.3 Å². The number of halogens is 8. The van der Waals surface area contributed by atoms with Crippen LogP contribution in [0, 0.1) is 13.8 Å². The molecule has 0 fully saturated rings. The van der Waals surface area contributed by atoms with E-state index in [1.165, 1.54) is 6.92 Å². The molecule has 196 valence electrons. The standard InChI is InChI=1S/C20H12F8N6O2S/c1-6-3-9(19(23,24)25)31-17-12(6)13(14(37-17)15(29)35)32-16(36)8-5-11-30-7(2)4-10(34(11)33-8)18(21,22)20(26,27)28/h3-5H,1-2H3,(H2,29,35)(H,32,36). The van der Waals surface area contributed by atoms with Crippen molar-refractivity contribution in [1.82, 2.24) is 19.6 Å². The Bertz CT molecular complexity index is 1590. The Hall–Kier alpha value is -3.89. The molecule has 0 saturated heterocycles. The molecule has 0 aliphatic rings. The summed E-state index contributed by atoms with van der Waals surface area (Å²) in [7, 11) is 0. The van der Waals surface area contributed by atoms with Gasteiger partial charge in [-0.15, -0.1) is 11.3 Å². The third kappa shape index (κ3) is 4.42. The summed E-state index contributed by atoms with van der Waals surface area (Å²) in [5.74, 6) is -7.66. The summed E-state index contributed by atoms with van der Waals surface area (Å²) in [5.41, 5.74) is 0.687. The maximum Gasteiger partial charge on any atom is 0.459 e. The molecular formula is C20H12F8N6O2S. The Balaban J connectivity index is 1.83. The number of anilines is 1. The molecule has 0 aliphatic heterocycles. The lowest BCUT2D eigenvalue weighted by molar-refractivity contribution is -0.291. The molecule has 17 heteroatoms. The molecule has 0 atom stereocenters. The van der Waals surface area contributed by atoms with Crippen molar-refractivity contribution in [3.63, 3.8) is 0 Å². The summed E-state index contributed by atoms with van der Waals surface area (Å²) >= 11 is 0.467. The Kier molecular flexibility index (Phi) is 5.89. The van der Waals surface area contributed by atoms with E-state index in [9.17, 15) is 44.7 Å². The van der Waals surface area contributed by atoms with Crippen LogP contribution in [0.5, 0.6) is 0 Å². The van der Waals surface area contributed by atoms with Crippen molar-refractivity contribution in [2.24, 2.45) is 5.73 Å². The zero-order valence-corrected chi connectivity index (χ0v) is 19.2. The lowest BCUT2D eigenvalue weighted by Crippen LogP contribution is -2.36. The lowest BCUT2D eigenvalue weighted by atomic mass is 10.1. The number of nitrogens with one attached hydrogen (secondary N) is 1. The van der Waals surface area contributed by atoms with Gasteiger partial charge in [-0.25, -0.2) is 14.5 Å². The number of alkyl halides is 8. The van der Waals surface area contributed by atoms with Gasteiger partial charge in [0.1, 0.15) is 21.1 Å². The molecular weight excluding hydrogens is 540 g/mol. The predicted octanol–water partition coefficient (Wildman–Crippen LogP) is 4.98. The normalized spacial score (nSPS) is 12.9. The van der Waals surface area contributed by atoms with Crippen LogP contribution in [0.2, 0.25) is 0 Å². The number of hydrogen-bond donors (Lipinski definition) is 2. The average Bonchev–Trinajstić information content (AvgIpc) is 3.33. The second kappa shape index (κ2) is 8.32. The molecule has 4 heterocycles. The fourth-order valence-electron chi connectivity index (χ4n) is 3.48. The van der Waals surface area contributed by atoms with E-state index in [2.05, 4.69) is 20.4 Å². The molecule has 8 nitrogen and oxygen atoms in total. The number of hydrogen-bond acceptors (Lipinski definition) is 6. The van der Waals surface area contributed by atoms with Crippen molar-refractivity contribution < 1.29 is 44.7 Å². The number of primary amides is 1. The molecule has 0 radical (unpaired) electrons. The molecule has 0 spiro atoms. The largest absolute Gasteiger partial charge is 0.459 e. The van der Waals surface area contributed by atoms with Crippen molar-refractivity contribution in [3.05, 3.63) is 51.4 Å². The molecule has 2 amide bonds. The van der Waals surface area contributed by atoms with Crippen LogP contribution in [0.1, 0.15) is 42.8 Å². The van der Waals surface area contributed by atoms with E-state index in [-0.39, 0.29) is 36.6 Å². The maximum absolute atomic E-state index is 14.1. The summed E-state index contributed by atoms with van der Waals surface area (Å²) < 4.78 is 107. The van der Waals surface area contributed by atoms with Crippen molar-refractivity contribution in [1.29, 1.82) is 0 Å². The fourth-order valence-corrected chi connectivity index (χ4v) is 4.54. The quantitative estimate of drug-likeness (QED) is 0.347. The number of pyridine rings is 1. The van der Waals surface area contributed by atoms with Crippen LogP contribution in [0.3, 0.4) is 0 Å². The van der Waals surface area contributed by atoms with Gasteiger partial charge in [-0.05, 0) is 31.5 Å². The van der Waals surface area contributed by atoms with Gasteiger partial charge in [0.05, 0.1) is 5.69 Å². The summed E-state index contributed by atoms with van der Waals surface area (Å²) in [6.45, 7) is 2.42. The van der Waals surface area contributed by atoms with Gasteiger partial charge >= 0.3 is 18.3 Å². The topological polar surface area (TPSA) is 115 Å². The second-order valence-electron chi connectivity index (χ2n) is 7.78. The Morgan fingerprint density at radius 1 is 1.00 bits per heavy atom. The van der Waals surface area contributed by atoms with Crippen molar-refractivity contribution >= 4 is 44.7 Å². The van der Waals surface area contributed by atoms with Crippen LogP contribution in [0.25, 0.3) is 15.9 Å². The minimum absolute atomic E-state index is 0.0317. The SMILES string of the molecule is Cc1cc(C(F)(F)C(F)(F)F)n2nc(C(=O)Nc3c(C(N)=O)sc4nc(C(F)(F)F)cc(C)c34)cc2n1. The van der Waals surface area contributed by atoms with Crippen molar-refractivity contribution in [2.45, 2.75) is 32.1 Å². The number of thiophene rings is 1. The van der Waals surface area contributed by atoms with Crippen LogP contribution in [-0.2, 0) is 12.1 Å². The Labute approximate surface area is 204 Å². The van der Waals surface area contributed by atoms with Gasteiger partial charge in [0, 0.05) is 17.1 Å². The summed E-state index contributed by atoms with van der Waals surface area (Å²) in [5, 5.41) is 5.70. The van der Waals surface area contributed by atoms with Crippen LogP contribution >= 0.6 is 11.3 Å². The Morgan fingerprint density at radius 2 is 1.65 bits per heavy atom. The van der Waals surface area contributed by atoms with E-state index in [1.54, 1.807) is 0 Å². The minimum Gasteiger partial charge on any atom is -0.365 e. The van der Waals surface area contributed by atoms with Crippen LogP contribution in [0.15, 0.2) is 18.2 Å². The van der Waals surface area contributed by atoms with E-state index in [0.29, 0.717) is 23.5 Å². The Morgan fingerprint density at radius 3 is 2.22 bits per heavy atom. The van der Waals surface area contributed by atoms with E-state index in [0.717, 1.165) is 13.0 Å². The number of nitrogens with zero attached hydrogens (tertiary/aromatic N) is 4. The molecule has 4 rings (SSSR count). The summed E-state index contributed by atoms with van der Waals surface area (Å²) in [4.78, 5) is 31.5. The smallest absolute Gasteiger partial charge is 0.365 e. The van der Waals surface area contributed by atoms with Gasteiger partial charge in [0.2, 0.25) is 0 Å². The molecule has 0 aromatic carbocycles. The van der Waals surface area contributed by atoms with Gasteiger partial charge in [0.25, 0.3) is 11.8 Å². The third-order valence-corrected chi connectivity index (χ3v) is 6.18. The molecule has 4 aromatic rings. The number of aromatic nitrogens is 4. The predicted molar refractivity (Wildman–Crippen MR) is 114 cm³/mol. The van der Waals surface area contributed by atoms with E-state index in [4.69, 9.17) is 5.73 Å². The molecule has 4 aromatic heterocycles. The van der Waals surface area contributed by atoms with Gasteiger partial charge in [-0.1, -0.05) is 0 Å². The minimum atomic E-state index is -5.98. The molecule has 0 bridgehead atoms. The molecule has 0 unspecified atom stereocenters. The van der Waals surface area contributed by atoms with Crippen LogP contribution in [0.4, 0.5) is 40.8 Å². The summed E-state index contributed by atoms with van der Waals surface area (Å²) in [6, 6.07) is 1.96. The summed E-state index contributed by atoms with van der Waals surface area (Å²) in [6.07, 6.45) is -10.8. The number of rotatable bonds is 4. The van der Waals surface area contributed by atoms with Gasteiger partial charge in [-0.2, -0.15) is 40.2 Å². The number of carbonyl (C=O) groups excluding carboxylic acids is 2. The maximum atomic E-state index is 14.1. The first-order chi connectivity index (χ1) is 16.9. The number of aryl methyl sites for hydroxylation is 2. The highest BCUT2D eigenvalue weighted by molar-refractivity contribution is 7.21. The third-order valence-electron chi connectivity index (χ3n) is 5.08. The highest BCUT2D eigenvalue weighted by Gasteiger charge is 2.60. The first kappa shape index (κ1) is 26.2. The van der Waals surface area contributed by atoms with Gasteiger partial charge in [-0.3, -0.25) is 9.59 Å². The number of fused-ring (bicyclic) bond motifs is 2. The van der Waals surface area contributed by atoms with E-state index < -0.39 is 52.8 Å². The lowest BCUT2D eigenvalue weighted by Gasteiger charge is -2.20. The monoisotopic (exact) mass is 552 g/mol. The molecule has 0 aliphatic carbocycles. The van der Waals surface area contributed by atoms with Crippen molar-refractivity contribution in [2.75, 3.05) is 5.32 Å². The number of amides is 2. The van der Waals surface area contributed by atoms with Gasteiger partial charge < -0.3 is 11.1 Å². The van der Waals surface area contributed by atoms with E-state index >= 15 is 0 Å². The molecule has 37 heavy (non-hydrogen) atoms. The zero-order chi connectivity index (χ0) is 27.7. The molecule has 0 saturated carbocycles. The average molecular weight is 552 g/mol.